The lowest BCUT2D eigenvalue weighted by Crippen LogP contribution is -2.11. The van der Waals surface area contributed by atoms with Crippen molar-refractivity contribution in [2.75, 3.05) is 6.54 Å². The molecule has 0 saturated heterocycles. The minimum atomic E-state index is 0.607. The lowest BCUT2D eigenvalue weighted by atomic mass is 10.1. The second-order valence-corrected chi connectivity index (χ2v) is 4.98. The maximum absolute atomic E-state index is 4.73. The van der Waals surface area contributed by atoms with Crippen molar-refractivity contribution in [3.8, 4) is 0 Å². The molecule has 0 bridgehead atoms. The molecule has 0 aliphatic heterocycles. The first-order chi connectivity index (χ1) is 7.22. The van der Waals surface area contributed by atoms with Crippen molar-refractivity contribution in [3.05, 3.63) is 15.6 Å². The van der Waals surface area contributed by atoms with Crippen LogP contribution in [-0.4, -0.2) is 11.5 Å². The summed E-state index contributed by atoms with van der Waals surface area (Å²) in [6, 6.07) is 0. The third-order valence-corrected chi connectivity index (χ3v) is 4.03. The Balaban J connectivity index is 2.80. The molecule has 0 aliphatic rings. The van der Waals surface area contributed by atoms with E-state index < -0.39 is 0 Å². The van der Waals surface area contributed by atoms with Gasteiger partial charge in [0, 0.05) is 17.3 Å². The number of hydrogen-bond acceptors (Lipinski definition) is 3. The summed E-state index contributed by atoms with van der Waals surface area (Å²) in [6.07, 6.45) is 2.23. The van der Waals surface area contributed by atoms with Crippen molar-refractivity contribution >= 4 is 11.3 Å². The van der Waals surface area contributed by atoms with Crippen LogP contribution in [0.4, 0.5) is 0 Å². The lowest BCUT2D eigenvalue weighted by molar-refractivity contribution is 0.716. The molecule has 1 unspecified atom stereocenters. The van der Waals surface area contributed by atoms with Gasteiger partial charge in [0.05, 0.1) is 10.7 Å². The topological polar surface area (TPSA) is 24.9 Å². The molecular formula is C12H22N2S. The second kappa shape index (κ2) is 6.23. The molecule has 1 rings (SSSR count). The molecule has 1 N–H and O–H groups in total. The third kappa shape index (κ3) is 3.28. The minimum Gasteiger partial charge on any atom is -0.312 e. The van der Waals surface area contributed by atoms with E-state index in [0.29, 0.717) is 5.92 Å². The normalized spacial score (nSPS) is 13.1. The zero-order valence-electron chi connectivity index (χ0n) is 10.3. The first-order valence-electron chi connectivity index (χ1n) is 5.92. The highest BCUT2D eigenvalue weighted by Gasteiger charge is 2.13. The molecule has 1 aromatic rings. The molecule has 1 aromatic heterocycles. The lowest BCUT2D eigenvalue weighted by Gasteiger charge is -2.01. The van der Waals surface area contributed by atoms with E-state index in [9.17, 15) is 0 Å². The molecule has 3 heteroatoms. The maximum atomic E-state index is 4.73. The quantitative estimate of drug-likeness (QED) is 0.805. The van der Waals surface area contributed by atoms with Crippen LogP contribution in [0.2, 0.25) is 0 Å². The second-order valence-electron chi connectivity index (χ2n) is 3.87. The Hall–Kier alpha value is -0.410. The van der Waals surface area contributed by atoms with E-state index in [4.69, 9.17) is 4.98 Å². The average molecular weight is 226 g/mol. The number of thiazole rings is 1. The Bertz CT molecular complexity index is 294. The van der Waals surface area contributed by atoms with E-state index in [2.05, 4.69) is 33.0 Å². The van der Waals surface area contributed by atoms with E-state index in [1.807, 2.05) is 11.3 Å². The van der Waals surface area contributed by atoms with Crippen molar-refractivity contribution in [1.29, 1.82) is 0 Å². The molecule has 0 spiro atoms. The molecular weight excluding hydrogens is 204 g/mol. The van der Waals surface area contributed by atoms with Crippen LogP contribution >= 0.6 is 11.3 Å². The van der Waals surface area contributed by atoms with E-state index in [-0.39, 0.29) is 0 Å². The van der Waals surface area contributed by atoms with E-state index in [1.165, 1.54) is 22.0 Å². The number of aryl methyl sites for hydroxylation is 1. The Morgan fingerprint density at radius 1 is 1.33 bits per heavy atom. The number of nitrogens with zero attached hydrogens (tertiary/aromatic N) is 1. The van der Waals surface area contributed by atoms with Crippen LogP contribution in [0.1, 0.15) is 55.6 Å². The fourth-order valence-corrected chi connectivity index (χ4v) is 2.70. The SMILES string of the molecule is CCNCc1sc(C(C)CC)nc1CC. The smallest absolute Gasteiger partial charge is 0.0959 e. The van der Waals surface area contributed by atoms with E-state index in [1.54, 1.807) is 0 Å². The first kappa shape index (κ1) is 12.7. The Kier molecular flexibility index (Phi) is 5.26. The van der Waals surface area contributed by atoms with Crippen LogP contribution in [0.5, 0.6) is 0 Å². The predicted octanol–water partition coefficient (Wildman–Crippen LogP) is 3.33. The van der Waals surface area contributed by atoms with Gasteiger partial charge in [-0.3, -0.25) is 0 Å². The maximum Gasteiger partial charge on any atom is 0.0959 e. The molecule has 0 radical (unpaired) electrons. The molecule has 1 atom stereocenters. The fraction of sp³-hybridized carbons (Fsp3) is 0.750. The molecule has 0 saturated carbocycles. The molecule has 2 nitrogen and oxygen atoms in total. The minimum absolute atomic E-state index is 0.607. The third-order valence-electron chi connectivity index (χ3n) is 2.70. The number of nitrogens with one attached hydrogen (secondary N) is 1. The highest BCUT2D eigenvalue weighted by molar-refractivity contribution is 7.11. The monoisotopic (exact) mass is 226 g/mol. The fourth-order valence-electron chi connectivity index (χ4n) is 1.44. The first-order valence-corrected chi connectivity index (χ1v) is 6.73. The summed E-state index contributed by atoms with van der Waals surface area (Å²) in [5.74, 6) is 0.607. The van der Waals surface area contributed by atoms with Crippen LogP contribution in [0.25, 0.3) is 0 Å². The molecule has 0 fully saturated rings. The largest absolute Gasteiger partial charge is 0.312 e. The van der Waals surface area contributed by atoms with E-state index >= 15 is 0 Å². The standard InChI is InChI=1S/C12H22N2S/c1-5-9(4)12-14-10(6-2)11(15-12)8-13-7-3/h9,13H,5-8H2,1-4H3. The van der Waals surface area contributed by atoms with Crippen LogP contribution in [0, 0.1) is 0 Å². The zero-order valence-corrected chi connectivity index (χ0v) is 11.1. The molecule has 1 heterocycles. The van der Waals surface area contributed by atoms with Crippen molar-refractivity contribution < 1.29 is 0 Å². The Labute approximate surface area is 97.1 Å². The van der Waals surface area contributed by atoms with Gasteiger partial charge in [0.15, 0.2) is 0 Å². The summed E-state index contributed by atoms with van der Waals surface area (Å²) < 4.78 is 0. The van der Waals surface area contributed by atoms with Crippen LogP contribution in [0.15, 0.2) is 0 Å². The summed E-state index contributed by atoms with van der Waals surface area (Å²) in [4.78, 5) is 6.16. The Morgan fingerprint density at radius 2 is 2.07 bits per heavy atom. The van der Waals surface area contributed by atoms with Crippen LogP contribution in [0.3, 0.4) is 0 Å². The van der Waals surface area contributed by atoms with Crippen molar-refractivity contribution in [2.45, 2.75) is 53.0 Å². The summed E-state index contributed by atoms with van der Waals surface area (Å²) in [5, 5.41) is 4.69. The van der Waals surface area contributed by atoms with Gasteiger partial charge in [-0.2, -0.15) is 0 Å². The van der Waals surface area contributed by atoms with Gasteiger partial charge in [0.25, 0.3) is 0 Å². The highest BCUT2D eigenvalue weighted by atomic mass is 32.1. The molecule has 0 amide bonds. The van der Waals surface area contributed by atoms with Gasteiger partial charge in [-0.1, -0.05) is 27.7 Å². The van der Waals surface area contributed by atoms with Crippen molar-refractivity contribution in [1.82, 2.24) is 10.3 Å². The highest BCUT2D eigenvalue weighted by Crippen LogP contribution is 2.27. The van der Waals surface area contributed by atoms with Gasteiger partial charge >= 0.3 is 0 Å². The number of rotatable bonds is 6. The summed E-state index contributed by atoms with van der Waals surface area (Å²) in [6.45, 7) is 10.8. The Morgan fingerprint density at radius 3 is 2.60 bits per heavy atom. The van der Waals surface area contributed by atoms with Gasteiger partial charge in [-0.25, -0.2) is 4.98 Å². The zero-order chi connectivity index (χ0) is 11.3. The predicted molar refractivity (Wildman–Crippen MR) is 67.6 cm³/mol. The summed E-state index contributed by atoms with van der Waals surface area (Å²) >= 11 is 1.88. The van der Waals surface area contributed by atoms with E-state index in [0.717, 1.165) is 19.5 Å². The van der Waals surface area contributed by atoms with Crippen LogP contribution in [-0.2, 0) is 13.0 Å². The van der Waals surface area contributed by atoms with Gasteiger partial charge < -0.3 is 5.32 Å². The summed E-state index contributed by atoms with van der Waals surface area (Å²) in [5.41, 5.74) is 1.29. The molecule has 86 valence electrons. The molecule has 15 heavy (non-hydrogen) atoms. The average Bonchev–Trinajstić information content (AvgIpc) is 2.68. The van der Waals surface area contributed by atoms with Crippen LogP contribution < -0.4 is 5.32 Å². The molecule has 0 aliphatic carbocycles. The number of aromatic nitrogens is 1. The van der Waals surface area contributed by atoms with Gasteiger partial charge in [0.1, 0.15) is 0 Å². The van der Waals surface area contributed by atoms with Crippen molar-refractivity contribution in [3.63, 3.8) is 0 Å². The van der Waals surface area contributed by atoms with Gasteiger partial charge in [-0.15, -0.1) is 11.3 Å². The van der Waals surface area contributed by atoms with Gasteiger partial charge in [-0.05, 0) is 19.4 Å². The van der Waals surface area contributed by atoms with Crippen molar-refractivity contribution in [2.24, 2.45) is 0 Å². The molecule has 0 aromatic carbocycles. The number of hydrogen-bond donors (Lipinski definition) is 1. The summed E-state index contributed by atoms with van der Waals surface area (Å²) in [7, 11) is 0. The van der Waals surface area contributed by atoms with Gasteiger partial charge in [0.2, 0.25) is 0 Å².